The van der Waals surface area contributed by atoms with Crippen LogP contribution in [0.15, 0.2) is 18.2 Å². The van der Waals surface area contributed by atoms with Gasteiger partial charge in [0.1, 0.15) is 0 Å². The predicted octanol–water partition coefficient (Wildman–Crippen LogP) is 3.40. The van der Waals surface area contributed by atoms with Gasteiger partial charge in [-0.25, -0.2) is 0 Å². The van der Waals surface area contributed by atoms with Crippen LogP contribution in [0, 0.1) is 5.92 Å². The second-order valence-corrected chi connectivity index (χ2v) is 7.43. The van der Waals surface area contributed by atoms with Gasteiger partial charge in [0.15, 0.2) is 11.5 Å². The van der Waals surface area contributed by atoms with E-state index in [2.05, 4.69) is 28.9 Å². The quantitative estimate of drug-likeness (QED) is 0.825. The SMILES string of the molecule is COc1ccc(CN2CCN([C@H]3CCC[C@@H](C)C3)CC2)cc1OC. The molecule has 0 spiro atoms. The summed E-state index contributed by atoms with van der Waals surface area (Å²) in [5.74, 6) is 2.54. The summed E-state index contributed by atoms with van der Waals surface area (Å²) in [5, 5.41) is 0. The number of ether oxygens (including phenoxy) is 2. The Morgan fingerprint density at radius 3 is 2.42 bits per heavy atom. The van der Waals surface area contributed by atoms with Gasteiger partial charge in [0.05, 0.1) is 14.2 Å². The lowest BCUT2D eigenvalue weighted by molar-refractivity contribution is 0.0659. The average molecular weight is 332 g/mol. The molecule has 1 heterocycles. The van der Waals surface area contributed by atoms with E-state index < -0.39 is 0 Å². The first-order chi connectivity index (χ1) is 11.7. The molecule has 2 aliphatic rings. The molecule has 1 aromatic rings. The predicted molar refractivity (Wildman–Crippen MR) is 97.8 cm³/mol. The normalized spacial score (nSPS) is 26.3. The smallest absolute Gasteiger partial charge is 0.161 e. The minimum absolute atomic E-state index is 0.803. The minimum Gasteiger partial charge on any atom is -0.493 e. The van der Waals surface area contributed by atoms with Crippen molar-refractivity contribution in [3.05, 3.63) is 23.8 Å². The van der Waals surface area contributed by atoms with Crippen LogP contribution < -0.4 is 9.47 Å². The van der Waals surface area contributed by atoms with E-state index in [1.807, 2.05) is 6.07 Å². The maximum atomic E-state index is 5.42. The molecular weight excluding hydrogens is 300 g/mol. The van der Waals surface area contributed by atoms with Crippen molar-refractivity contribution in [2.45, 2.75) is 45.2 Å². The van der Waals surface area contributed by atoms with Gasteiger partial charge in [0.2, 0.25) is 0 Å². The molecule has 0 bridgehead atoms. The lowest BCUT2D eigenvalue weighted by Crippen LogP contribution is -2.50. The van der Waals surface area contributed by atoms with E-state index in [0.29, 0.717) is 0 Å². The van der Waals surface area contributed by atoms with Crippen LogP contribution in [0.4, 0.5) is 0 Å². The third kappa shape index (κ3) is 4.22. The number of hydrogen-bond acceptors (Lipinski definition) is 4. The van der Waals surface area contributed by atoms with Crippen molar-refractivity contribution < 1.29 is 9.47 Å². The number of hydrogen-bond donors (Lipinski definition) is 0. The average Bonchev–Trinajstić information content (AvgIpc) is 2.62. The Kier molecular flexibility index (Phi) is 6.01. The Hall–Kier alpha value is -1.26. The van der Waals surface area contributed by atoms with E-state index in [-0.39, 0.29) is 0 Å². The molecular formula is C20H32N2O2. The van der Waals surface area contributed by atoms with Crippen molar-refractivity contribution in [1.82, 2.24) is 9.80 Å². The number of benzene rings is 1. The van der Waals surface area contributed by atoms with E-state index in [0.717, 1.165) is 30.0 Å². The lowest BCUT2D eigenvalue weighted by atomic mass is 9.86. The third-order valence-electron chi connectivity index (χ3n) is 5.69. The first kappa shape index (κ1) is 17.6. The topological polar surface area (TPSA) is 24.9 Å². The van der Waals surface area contributed by atoms with Crippen molar-refractivity contribution in [3.63, 3.8) is 0 Å². The molecule has 0 unspecified atom stereocenters. The molecule has 1 aliphatic carbocycles. The standard InChI is InChI=1S/C20H32N2O2/c1-16-5-4-6-18(13-16)22-11-9-21(10-12-22)15-17-7-8-19(23-2)20(14-17)24-3/h7-8,14,16,18H,4-6,9-13,15H2,1-3H3/t16-,18+/m1/s1. The number of nitrogens with zero attached hydrogens (tertiary/aromatic N) is 2. The van der Waals surface area contributed by atoms with Gasteiger partial charge < -0.3 is 9.47 Å². The molecule has 3 rings (SSSR count). The zero-order chi connectivity index (χ0) is 16.9. The van der Waals surface area contributed by atoms with Gasteiger partial charge in [-0.2, -0.15) is 0 Å². The van der Waals surface area contributed by atoms with E-state index in [1.54, 1.807) is 14.2 Å². The van der Waals surface area contributed by atoms with E-state index in [9.17, 15) is 0 Å². The number of piperazine rings is 1. The molecule has 4 nitrogen and oxygen atoms in total. The first-order valence-electron chi connectivity index (χ1n) is 9.37. The fourth-order valence-electron chi connectivity index (χ4n) is 4.26. The maximum absolute atomic E-state index is 5.42. The van der Waals surface area contributed by atoms with E-state index >= 15 is 0 Å². The van der Waals surface area contributed by atoms with E-state index in [1.165, 1.54) is 57.4 Å². The van der Waals surface area contributed by atoms with Crippen LogP contribution in [-0.2, 0) is 6.54 Å². The second kappa shape index (κ2) is 8.21. The van der Waals surface area contributed by atoms with Crippen LogP contribution in [0.5, 0.6) is 11.5 Å². The molecule has 1 aromatic carbocycles. The zero-order valence-electron chi connectivity index (χ0n) is 15.5. The van der Waals surface area contributed by atoms with Crippen molar-refractivity contribution in [1.29, 1.82) is 0 Å². The Morgan fingerprint density at radius 2 is 1.75 bits per heavy atom. The third-order valence-corrected chi connectivity index (χ3v) is 5.69. The Balaban J connectivity index is 1.52. The molecule has 2 atom stereocenters. The van der Waals surface area contributed by atoms with Crippen molar-refractivity contribution in [2.75, 3.05) is 40.4 Å². The summed E-state index contributed by atoms with van der Waals surface area (Å²) < 4.78 is 10.7. The van der Waals surface area contributed by atoms with Gasteiger partial charge in [-0.1, -0.05) is 25.8 Å². The molecule has 0 radical (unpaired) electrons. The summed E-state index contributed by atoms with van der Waals surface area (Å²) in [5.41, 5.74) is 1.30. The largest absolute Gasteiger partial charge is 0.493 e. The summed E-state index contributed by atoms with van der Waals surface area (Å²) in [4.78, 5) is 5.30. The van der Waals surface area contributed by atoms with Crippen molar-refractivity contribution in [3.8, 4) is 11.5 Å². The highest BCUT2D eigenvalue weighted by Crippen LogP contribution is 2.29. The zero-order valence-corrected chi connectivity index (χ0v) is 15.5. The monoisotopic (exact) mass is 332 g/mol. The molecule has 4 heteroatoms. The molecule has 2 fully saturated rings. The van der Waals surface area contributed by atoms with Crippen LogP contribution in [-0.4, -0.2) is 56.2 Å². The highest BCUT2D eigenvalue weighted by molar-refractivity contribution is 5.42. The highest BCUT2D eigenvalue weighted by atomic mass is 16.5. The first-order valence-corrected chi connectivity index (χ1v) is 9.37. The second-order valence-electron chi connectivity index (χ2n) is 7.43. The molecule has 0 amide bonds. The van der Waals surface area contributed by atoms with Gasteiger partial charge in [0, 0.05) is 38.8 Å². The summed E-state index contributed by atoms with van der Waals surface area (Å²) >= 11 is 0. The molecule has 1 saturated heterocycles. The molecule has 1 aliphatic heterocycles. The van der Waals surface area contributed by atoms with Crippen LogP contribution in [0.2, 0.25) is 0 Å². The fraction of sp³-hybridized carbons (Fsp3) is 0.700. The summed E-state index contributed by atoms with van der Waals surface area (Å²) in [7, 11) is 3.38. The molecule has 0 N–H and O–H groups in total. The Bertz CT molecular complexity index is 526. The van der Waals surface area contributed by atoms with Crippen LogP contribution >= 0.6 is 0 Å². The van der Waals surface area contributed by atoms with Gasteiger partial charge in [-0.3, -0.25) is 9.80 Å². The summed E-state index contributed by atoms with van der Waals surface area (Å²) in [6.45, 7) is 8.17. The fourth-order valence-corrected chi connectivity index (χ4v) is 4.26. The number of methoxy groups -OCH3 is 2. The van der Waals surface area contributed by atoms with Gasteiger partial charge >= 0.3 is 0 Å². The van der Waals surface area contributed by atoms with E-state index in [4.69, 9.17) is 9.47 Å². The van der Waals surface area contributed by atoms with Crippen molar-refractivity contribution >= 4 is 0 Å². The van der Waals surface area contributed by atoms with Crippen molar-refractivity contribution in [2.24, 2.45) is 5.92 Å². The van der Waals surface area contributed by atoms with Crippen LogP contribution in [0.1, 0.15) is 38.2 Å². The minimum atomic E-state index is 0.803. The molecule has 1 saturated carbocycles. The molecule has 134 valence electrons. The maximum Gasteiger partial charge on any atom is 0.161 e. The Labute approximate surface area is 146 Å². The lowest BCUT2D eigenvalue weighted by Gasteiger charge is -2.42. The number of rotatable bonds is 5. The van der Waals surface area contributed by atoms with Gasteiger partial charge in [-0.05, 0) is 36.5 Å². The Morgan fingerprint density at radius 1 is 1.00 bits per heavy atom. The van der Waals surface area contributed by atoms with Gasteiger partial charge in [0.25, 0.3) is 0 Å². The van der Waals surface area contributed by atoms with Gasteiger partial charge in [-0.15, -0.1) is 0 Å². The molecule has 0 aromatic heterocycles. The molecule has 24 heavy (non-hydrogen) atoms. The summed E-state index contributed by atoms with van der Waals surface area (Å²) in [6, 6.07) is 7.09. The highest BCUT2D eigenvalue weighted by Gasteiger charge is 2.27. The summed E-state index contributed by atoms with van der Waals surface area (Å²) in [6.07, 6.45) is 5.64. The van der Waals surface area contributed by atoms with Crippen LogP contribution in [0.25, 0.3) is 0 Å². The van der Waals surface area contributed by atoms with Crippen LogP contribution in [0.3, 0.4) is 0 Å².